The lowest BCUT2D eigenvalue weighted by Crippen LogP contribution is -2.40. The van der Waals surface area contributed by atoms with E-state index in [9.17, 15) is 19.5 Å². The number of amides is 3. The number of anilines is 2. The fraction of sp³-hybridized carbons (Fsp3) is 0.269. The minimum atomic E-state index is -1.73. The predicted octanol–water partition coefficient (Wildman–Crippen LogP) is 4.97. The summed E-state index contributed by atoms with van der Waals surface area (Å²) in [7, 11) is 1.44. The number of nitrogens with one attached hydrogen (secondary N) is 3. The first-order chi connectivity index (χ1) is 16.4. The Labute approximate surface area is 208 Å². The van der Waals surface area contributed by atoms with Crippen molar-refractivity contribution in [2.75, 3.05) is 17.7 Å². The van der Waals surface area contributed by atoms with Crippen LogP contribution in [0.1, 0.15) is 43.6 Å². The van der Waals surface area contributed by atoms with Gasteiger partial charge in [0.25, 0.3) is 11.8 Å². The Morgan fingerprint density at radius 3 is 2.17 bits per heavy atom. The van der Waals surface area contributed by atoms with E-state index in [1.54, 1.807) is 44.2 Å². The first-order valence-electron chi connectivity index (χ1n) is 10.9. The number of rotatable bonds is 6. The van der Waals surface area contributed by atoms with Crippen molar-refractivity contribution in [1.82, 2.24) is 5.32 Å². The molecule has 184 valence electrons. The van der Waals surface area contributed by atoms with Crippen molar-refractivity contribution in [3.05, 3.63) is 71.1 Å². The third kappa shape index (κ3) is 6.46. The van der Waals surface area contributed by atoms with Gasteiger partial charge in [-0.05, 0) is 74.5 Å². The van der Waals surface area contributed by atoms with Crippen LogP contribution in [0.5, 0.6) is 0 Å². The van der Waals surface area contributed by atoms with Crippen LogP contribution in [0.4, 0.5) is 16.2 Å². The van der Waals surface area contributed by atoms with Crippen LogP contribution in [-0.2, 0) is 15.1 Å². The first kappa shape index (κ1) is 25.9. The van der Waals surface area contributed by atoms with Crippen LogP contribution in [0, 0.1) is 0 Å². The van der Waals surface area contributed by atoms with Crippen molar-refractivity contribution in [3.8, 4) is 10.4 Å². The molecule has 4 N–H and O–H groups in total. The zero-order chi connectivity index (χ0) is 25.8. The van der Waals surface area contributed by atoms with Crippen molar-refractivity contribution in [1.29, 1.82) is 0 Å². The highest BCUT2D eigenvalue weighted by Gasteiger charge is 2.31. The molecule has 3 aromatic rings. The van der Waals surface area contributed by atoms with Crippen molar-refractivity contribution in [2.45, 2.75) is 38.9 Å². The normalized spacial score (nSPS) is 12.9. The van der Waals surface area contributed by atoms with Crippen LogP contribution in [0.15, 0.2) is 60.0 Å². The Kier molecular flexibility index (Phi) is 7.62. The standard InChI is InChI=1S/C26H29N3O5S/c1-25(2,3)34-24(32)29-19-13-10-17(21-7-6-14-35-21)15-20(19)28-22(30)16-8-11-18(12-9-16)26(4,33)23(31)27-5/h6-15,33H,1-5H3,(H,27,31)(H,28,30)(H,29,32). The molecule has 2 aromatic carbocycles. The monoisotopic (exact) mass is 495 g/mol. The summed E-state index contributed by atoms with van der Waals surface area (Å²) in [5, 5.41) is 20.4. The van der Waals surface area contributed by atoms with Gasteiger partial charge < -0.3 is 20.5 Å². The molecule has 0 aliphatic heterocycles. The van der Waals surface area contributed by atoms with Crippen LogP contribution in [0.2, 0.25) is 0 Å². The Morgan fingerprint density at radius 2 is 1.60 bits per heavy atom. The molecule has 0 bridgehead atoms. The molecule has 35 heavy (non-hydrogen) atoms. The average Bonchev–Trinajstić information content (AvgIpc) is 3.33. The van der Waals surface area contributed by atoms with E-state index in [4.69, 9.17) is 4.74 Å². The topological polar surface area (TPSA) is 117 Å². The molecule has 3 rings (SSSR count). The zero-order valence-corrected chi connectivity index (χ0v) is 21.1. The molecular weight excluding hydrogens is 466 g/mol. The summed E-state index contributed by atoms with van der Waals surface area (Å²) in [5.74, 6) is -0.982. The van der Waals surface area contributed by atoms with Crippen LogP contribution < -0.4 is 16.0 Å². The van der Waals surface area contributed by atoms with Gasteiger partial charge in [0.05, 0.1) is 11.4 Å². The summed E-state index contributed by atoms with van der Waals surface area (Å²) in [6.07, 6.45) is -0.641. The Morgan fingerprint density at radius 1 is 0.914 bits per heavy atom. The van der Waals surface area contributed by atoms with E-state index in [-0.39, 0.29) is 0 Å². The Bertz CT molecular complexity index is 1210. The highest BCUT2D eigenvalue weighted by atomic mass is 32.1. The van der Waals surface area contributed by atoms with Gasteiger partial charge in [-0.25, -0.2) is 4.79 Å². The molecule has 0 radical (unpaired) electrons. The lowest BCUT2D eigenvalue weighted by Gasteiger charge is -2.22. The maximum absolute atomic E-state index is 13.0. The summed E-state index contributed by atoms with van der Waals surface area (Å²) >= 11 is 1.55. The molecule has 0 saturated carbocycles. The van der Waals surface area contributed by atoms with Crippen LogP contribution in [0.25, 0.3) is 10.4 Å². The van der Waals surface area contributed by atoms with Gasteiger partial charge in [-0.3, -0.25) is 14.9 Å². The molecule has 1 aromatic heterocycles. The second kappa shape index (κ2) is 10.3. The van der Waals surface area contributed by atoms with Gasteiger partial charge in [-0.1, -0.05) is 24.3 Å². The number of likely N-dealkylation sites (N-methyl/N-ethyl adjacent to an activating group) is 1. The summed E-state index contributed by atoms with van der Waals surface area (Å²) in [5.41, 5.74) is -0.0976. The first-order valence-corrected chi connectivity index (χ1v) is 11.8. The van der Waals surface area contributed by atoms with E-state index in [1.165, 1.54) is 38.2 Å². The molecule has 0 aliphatic carbocycles. The van der Waals surface area contributed by atoms with Crippen molar-refractivity contribution in [3.63, 3.8) is 0 Å². The predicted molar refractivity (Wildman–Crippen MR) is 138 cm³/mol. The van der Waals surface area contributed by atoms with E-state index < -0.39 is 29.1 Å². The molecule has 0 spiro atoms. The fourth-order valence-corrected chi connectivity index (χ4v) is 4.01. The van der Waals surface area contributed by atoms with Crippen molar-refractivity contribution in [2.24, 2.45) is 0 Å². The van der Waals surface area contributed by atoms with E-state index >= 15 is 0 Å². The minimum absolute atomic E-state index is 0.311. The molecule has 0 fully saturated rings. The fourth-order valence-electron chi connectivity index (χ4n) is 3.28. The summed E-state index contributed by atoms with van der Waals surface area (Å²) < 4.78 is 5.35. The molecular formula is C26H29N3O5S. The van der Waals surface area contributed by atoms with Gasteiger partial charge >= 0.3 is 6.09 Å². The number of aliphatic hydroxyl groups is 1. The van der Waals surface area contributed by atoms with Crippen molar-refractivity contribution < 1.29 is 24.2 Å². The lowest BCUT2D eigenvalue weighted by atomic mass is 9.94. The minimum Gasteiger partial charge on any atom is -0.444 e. The quantitative estimate of drug-likeness (QED) is 0.385. The smallest absolute Gasteiger partial charge is 0.412 e. The van der Waals surface area contributed by atoms with Gasteiger partial charge in [0.1, 0.15) is 5.60 Å². The van der Waals surface area contributed by atoms with Crippen LogP contribution in [0.3, 0.4) is 0 Å². The Balaban J connectivity index is 1.87. The maximum Gasteiger partial charge on any atom is 0.412 e. The number of thiophene rings is 1. The molecule has 8 nitrogen and oxygen atoms in total. The number of benzene rings is 2. The highest BCUT2D eigenvalue weighted by molar-refractivity contribution is 7.13. The number of hydrogen-bond donors (Lipinski definition) is 4. The summed E-state index contributed by atoms with van der Waals surface area (Å²) in [6.45, 7) is 6.67. The van der Waals surface area contributed by atoms with E-state index in [2.05, 4.69) is 16.0 Å². The Hall–Kier alpha value is -3.69. The SMILES string of the molecule is CNC(=O)C(C)(O)c1ccc(C(=O)Nc2cc(-c3cccs3)ccc2NC(=O)OC(C)(C)C)cc1. The largest absolute Gasteiger partial charge is 0.444 e. The maximum atomic E-state index is 13.0. The molecule has 1 heterocycles. The van der Waals surface area contributed by atoms with Gasteiger partial charge in [-0.2, -0.15) is 0 Å². The van der Waals surface area contributed by atoms with Gasteiger partial charge in [-0.15, -0.1) is 11.3 Å². The molecule has 0 saturated heterocycles. The third-order valence-electron chi connectivity index (χ3n) is 5.09. The molecule has 3 amide bonds. The zero-order valence-electron chi connectivity index (χ0n) is 20.3. The van der Waals surface area contributed by atoms with E-state index in [0.717, 1.165) is 10.4 Å². The highest BCUT2D eigenvalue weighted by Crippen LogP contribution is 2.32. The summed E-state index contributed by atoms with van der Waals surface area (Å²) in [4.78, 5) is 38.4. The molecule has 0 aliphatic rings. The lowest BCUT2D eigenvalue weighted by molar-refractivity contribution is -0.138. The van der Waals surface area contributed by atoms with Gasteiger partial charge in [0.15, 0.2) is 5.60 Å². The average molecular weight is 496 g/mol. The van der Waals surface area contributed by atoms with E-state index in [0.29, 0.717) is 22.5 Å². The molecule has 1 unspecified atom stereocenters. The van der Waals surface area contributed by atoms with E-state index in [1.807, 2.05) is 23.6 Å². The molecule has 1 atom stereocenters. The second-order valence-corrected chi connectivity index (χ2v) is 10.00. The summed E-state index contributed by atoms with van der Waals surface area (Å²) in [6, 6.07) is 15.3. The number of hydrogen-bond acceptors (Lipinski definition) is 6. The van der Waals surface area contributed by atoms with Crippen LogP contribution in [-0.4, -0.2) is 35.7 Å². The van der Waals surface area contributed by atoms with Gasteiger partial charge in [0, 0.05) is 17.5 Å². The second-order valence-electron chi connectivity index (χ2n) is 9.05. The van der Waals surface area contributed by atoms with Crippen molar-refractivity contribution >= 4 is 40.6 Å². The van der Waals surface area contributed by atoms with Crippen LogP contribution >= 0.6 is 11.3 Å². The molecule has 9 heteroatoms. The number of ether oxygens (including phenoxy) is 1. The van der Waals surface area contributed by atoms with Gasteiger partial charge in [0.2, 0.25) is 0 Å². The number of carbonyl (C=O) groups excluding carboxylic acids is 3. The number of carbonyl (C=O) groups is 3. The third-order valence-corrected chi connectivity index (χ3v) is 6.01.